The van der Waals surface area contributed by atoms with Crippen molar-refractivity contribution in [3.8, 4) is 0 Å². The molecule has 0 saturated carbocycles. The average molecular weight is 248 g/mol. The summed E-state index contributed by atoms with van der Waals surface area (Å²) in [5, 5.41) is 0. The number of ether oxygens (including phenoxy) is 2. The van der Waals surface area contributed by atoms with Gasteiger partial charge < -0.3 is 18.3 Å². The van der Waals surface area contributed by atoms with E-state index in [0.717, 1.165) is 26.1 Å². The van der Waals surface area contributed by atoms with Gasteiger partial charge in [0.1, 0.15) is 6.10 Å². The first kappa shape index (κ1) is 14.1. The fourth-order valence-electron chi connectivity index (χ4n) is 1.68. The van der Waals surface area contributed by atoms with E-state index in [0.29, 0.717) is 13.2 Å². The SMILES string of the molecule is CCCC(OC1COC1)[SiH](OCC)OCC. The molecule has 0 amide bonds. The van der Waals surface area contributed by atoms with Crippen molar-refractivity contribution in [2.24, 2.45) is 0 Å². The maximum atomic E-state index is 5.98. The van der Waals surface area contributed by atoms with Crippen LogP contribution >= 0.6 is 0 Å². The van der Waals surface area contributed by atoms with E-state index in [4.69, 9.17) is 18.3 Å². The van der Waals surface area contributed by atoms with Gasteiger partial charge in [0.05, 0.1) is 18.9 Å². The zero-order chi connectivity index (χ0) is 11.8. The number of hydrogen-bond donors (Lipinski definition) is 0. The minimum Gasteiger partial charge on any atom is -0.395 e. The lowest BCUT2D eigenvalue weighted by Gasteiger charge is -2.33. The number of rotatable bonds is 9. The topological polar surface area (TPSA) is 36.9 Å². The van der Waals surface area contributed by atoms with Crippen LogP contribution in [-0.2, 0) is 18.3 Å². The second-order valence-corrected chi connectivity index (χ2v) is 6.05. The van der Waals surface area contributed by atoms with Crippen LogP contribution in [0, 0.1) is 0 Å². The molecule has 1 rings (SSSR count). The molecule has 0 radical (unpaired) electrons. The van der Waals surface area contributed by atoms with Gasteiger partial charge in [0.2, 0.25) is 0 Å². The van der Waals surface area contributed by atoms with Gasteiger partial charge in [-0.3, -0.25) is 0 Å². The Hall–Kier alpha value is 0.0569. The highest BCUT2D eigenvalue weighted by Crippen LogP contribution is 2.15. The highest BCUT2D eigenvalue weighted by molar-refractivity contribution is 6.46. The lowest BCUT2D eigenvalue weighted by atomic mass is 10.3. The van der Waals surface area contributed by atoms with Crippen molar-refractivity contribution in [3.05, 3.63) is 0 Å². The van der Waals surface area contributed by atoms with Gasteiger partial charge >= 0.3 is 9.28 Å². The van der Waals surface area contributed by atoms with Crippen LogP contribution in [0.1, 0.15) is 33.6 Å². The van der Waals surface area contributed by atoms with Crippen LogP contribution in [0.25, 0.3) is 0 Å². The Balaban J connectivity index is 2.41. The predicted molar refractivity (Wildman–Crippen MR) is 64.8 cm³/mol. The van der Waals surface area contributed by atoms with Crippen LogP contribution in [0.2, 0.25) is 0 Å². The smallest absolute Gasteiger partial charge is 0.351 e. The third kappa shape index (κ3) is 4.51. The van der Waals surface area contributed by atoms with Crippen molar-refractivity contribution < 1.29 is 18.3 Å². The van der Waals surface area contributed by atoms with Gasteiger partial charge in [-0.1, -0.05) is 13.3 Å². The van der Waals surface area contributed by atoms with E-state index in [1.165, 1.54) is 0 Å². The maximum absolute atomic E-state index is 5.98. The largest absolute Gasteiger partial charge is 0.395 e. The van der Waals surface area contributed by atoms with E-state index in [1.807, 2.05) is 13.8 Å². The van der Waals surface area contributed by atoms with Gasteiger partial charge in [0, 0.05) is 13.2 Å². The number of hydrogen-bond acceptors (Lipinski definition) is 4. The Kier molecular flexibility index (Phi) is 7.23. The molecule has 1 fully saturated rings. The Labute approximate surface area is 100 Å². The summed E-state index contributed by atoms with van der Waals surface area (Å²) in [4.78, 5) is 0. The molecule has 0 aromatic carbocycles. The van der Waals surface area contributed by atoms with E-state index in [-0.39, 0.29) is 11.8 Å². The molecule has 0 N–H and O–H groups in total. The highest BCUT2D eigenvalue weighted by Gasteiger charge is 2.31. The van der Waals surface area contributed by atoms with E-state index in [1.54, 1.807) is 0 Å². The molecule has 0 aliphatic carbocycles. The van der Waals surface area contributed by atoms with E-state index in [9.17, 15) is 0 Å². The van der Waals surface area contributed by atoms with Gasteiger partial charge in [-0.25, -0.2) is 0 Å². The van der Waals surface area contributed by atoms with Crippen LogP contribution in [0.4, 0.5) is 0 Å². The molecule has 1 atom stereocenters. The first-order valence-electron chi connectivity index (χ1n) is 6.28. The summed E-state index contributed by atoms with van der Waals surface area (Å²) >= 11 is 0. The summed E-state index contributed by atoms with van der Waals surface area (Å²) in [5.74, 6) is 0. The second-order valence-electron chi connectivity index (χ2n) is 3.90. The van der Waals surface area contributed by atoms with Crippen LogP contribution in [0.3, 0.4) is 0 Å². The monoisotopic (exact) mass is 248 g/mol. The first-order valence-corrected chi connectivity index (χ1v) is 7.89. The molecule has 16 heavy (non-hydrogen) atoms. The van der Waals surface area contributed by atoms with E-state index < -0.39 is 9.28 Å². The summed E-state index contributed by atoms with van der Waals surface area (Å²) in [5.41, 5.74) is 0.166. The third-order valence-electron chi connectivity index (χ3n) is 2.51. The van der Waals surface area contributed by atoms with Gasteiger partial charge in [-0.05, 0) is 20.3 Å². The third-order valence-corrected chi connectivity index (χ3v) is 4.93. The second kappa shape index (κ2) is 8.19. The Bertz CT molecular complexity index is 169. The quantitative estimate of drug-likeness (QED) is 0.578. The van der Waals surface area contributed by atoms with E-state index in [2.05, 4.69) is 6.92 Å². The molecular formula is C11H24O4Si. The van der Waals surface area contributed by atoms with E-state index >= 15 is 0 Å². The molecule has 96 valence electrons. The Morgan fingerprint density at radius 1 is 1.19 bits per heavy atom. The molecule has 1 heterocycles. The summed E-state index contributed by atoms with van der Waals surface area (Å²) < 4.78 is 22.5. The average Bonchev–Trinajstić information content (AvgIpc) is 2.21. The molecule has 0 bridgehead atoms. The standard InChI is InChI=1S/C11H24O4Si/c1-4-7-11(15-10-8-12-9-10)16(13-5-2)14-6-3/h10-11,16H,4-9H2,1-3H3. The summed E-state index contributed by atoms with van der Waals surface area (Å²) in [6.45, 7) is 9.04. The minimum absolute atomic E-state index is 0.166. The fraction of sp³-hybridized carbons (Fsp3) is 1.00. The van der Waals surface area contributed by atoms with Crippen LogP contribution < -0.4 is 0 Å². The van der Waals surface area contributed by atoms with Crippen LogP contribution in [0.15, 0.2) is 0 Å². The summed E-state index contributed by atoms with van der Waals surface area (Å²) in [6.07, 6.45) is 2.38. The van der Waals surface area contributed by atoms with Crippen molar-refractivity contribution in [2.45, 2.75) is 45.4 Å². The van der Waals surface area contributed by atoms with Gasteiger partial charge in [-0.15, -0.1) is 0 Å². The molecule has 0 spiro atoms. The van der Waals surface area contributed by atoms with Crippen molar-refractivity contribution in [2.75, 3.05) is 26.4 Å². The zero-order valence-electron chi connectivity index (χ0n) is 10.6. The lowest BCUT2D eigenvalue weighted by molar-refractivity contribution is -0.145. The molecule has 1 aliphatic heterocycles. The molecule has 5 heteroatoms. The van der Waals surface area contributed by atoms with Gasteiger partial charge in [-0.2, -0.15) is 0 Å². The first-order chi connectivity index (χ1) is 7.81. The molecule has 0 aromatic rings. The maximum Gasteiger partial charge on any atom is 0.351 e. The van der Waals surface area contributed by atoms with Crippen molar-refractivity contribution in [1.29, 1.82) is 0 Å². The molecule has 4 nitrogen and oxygen atoms in total. The van der Waals surface area contributed by atoms with Gasteiger partial charge in [0.15, 0.2) is 0 Å². The van der Waals surface area contributed by atoms with Crippen molar-refractivity contribution in [3.63, 3.8) is 0 Å². The predicted octanol–water partition coefficient (Wildman–Crippen LogP) is 1.40. The van der Waals surface area contributed by atoms with Crippen LogP contribution in [-0.4, -0.2) is 47.5 Å². The normalized spacial score (nSPS) is 18.8. The lowest BCUT2D eigenvalue weighted by Crippen LogP contribution is -2.46. The molecule has 0 aromatic heterocycles. The summed E-state index contributed by atoms with van der Waals surface area (Å²) in [6, 6.07) is 0. The Morgan fingerprint density at radius 2 is 1.81 bits per heavy atom. The molecule has 1 saturated heterocycles. The molecule has 1 aliphatic rings. The van der Waals surface area contributed by atoms with Crippen molar-refractivity contribution >= 4 is 9.28 Å². The van der Waals surface area contributed by atoms with Crippen LogP contribution in [0.5, 0.6) is 0 Å². The zero-order valence-corrected chi connectivity index (χ0v) is 11.8. The molecule has 1 unspecified atom stereocenters. The Morgan fingerprint density at radius 3 is 2.19 bits per heavy atom. The molecular weight excluding hydrogens is 224 g/mol. The van der Waals surface area contributed by atoms with Crippen molar-refractivity contribution in [1.82, 2.24) is 0 Å². The highest BCUT2D eigenvalue weighted by atomic mass is 28.3. The fourth-order valence-corrected chi connectivity index (χ4v) is 3.82. The minimum atomic E-state index is -1.68. The van der Waals surface area contributed by atoms with Gasteiger partial charge in [0.25, 0.3) is 0 Å². The summed E-state index contributed by atoms with van der Waals surface area (Å²) in [7, 11) is -1.68.